The zero-order valence-electron chi connectivity index (χ0n) is 15.8. The van der Waals surface area contributed by atoms with E-state index in [4.69, 9.17) is 0 Å². The fourth-order valence-electron chi connectivity index (χ4n) is 3.26. The van der Waals surface area contributed by atoms with Crippen LogP contribution in [0.15, 0.2) is 29.3 Å². The summed E-state index contributed by atoms with van der Waals surface area (Å²) in [5, 5.41) is 18.7. The van der Waals surface area contributed by atoms with Crippen LogP contribution in [0, 0.1) is 0 Å². The van der Waals surface area contributed by atoms with E-state index in [-0.39, 0.29) is 42.2 Å². The van der Waals surface area contributed by atoms with Gasteiger partial charge in [0.1, 0.15) is 12.3 Å². The second kappa shape index (κ2) is 10.7. The van der Waals surface area contributed by atoms with Crippen molar-refractivity contribution in [2.45, 2.75) is 44.7 Å². The number of aliphatic imine (C=N–C) groups is 1. The van der Waals surface area contributed by atoms with E-state index in [1.54, 1.807) is 24.3 Å². The highest BCUT2D eigenvalue weighted by Crippen LogP contribution is 2.29. The number of carbonyl (C=O) groups is 1. The number of anilines is 1. The molecule has 2 fully saturated rings. The van der Waals surface area contributed by atoms with E-state index in [1.807, 2.05) is 6.92 Å². The predicted octanol–water partition coefficient (Wildman–Crippen LogP) is 2.13. The molecular formula is C19H30IN5O2. The summed E-state index contributed by atoms with van der Waals surface area (Å²) in [5.74, 6) is 0.682. The molecule has 1 heterocycles. The molecule has 0 unspecified atom stereocenters. The lowest BCUT2D eigenvalue weighted by Crippen LogP contribution is -2.49. The van der Waals surface area contributed by atoms with Crippen molar-refractivity contribution in [3.05, 3.63) is 24.3 Å². The predicted molar refractivity (Wildman–Crippen MR) is 119 cm³/mol. The fraction of sp³-hybridized carbons (Fsp3) is 0.579. The number of aromatic hydroxyl groups is 1. The third-order valence-electron chi connectivity index (χ3n) is 4.81. The largest absolute Gasteiger partial charge is 0.508 e. The summed E-state index contributed by atoms with van der Waals surface area (Å²) in [6.07, 6.45) is 4.94. The molecule has 0 radical (unpaired) electrons. The van der Waals surface area contributed by atoms with Crippen LogP contribution >= 0.6 is 24.0 Å². The number of carbonyl (C=O) groups excluding carboxylic acids is 1. The van der Waals surface area contributed by atoms with Gasteiger partial charge in [0, 0.05) is 37.4 Å². The van der Waals surface area contributed by atoms with Crippen LogP contribution in [0.3, 0.4) is 0 Å². The van der Waals surface area contributed by atoms with Gasteiger partial charge in [0.15, 0.2) is 5.96 Å². The highest BCUT2D eigenvalue weighted by Gasteiger charge is 2.31. The molecule has 7 nitrogen and oxygen atoms in total. The van der Waals surface area contributed by atoms with Crippen molar-refractivity contribution in [3.8, 4) is 5.75 Å². The molecule has 0 bridgehead atoms. The van der Waals surface area contributed by atoms with Gasteiger partial charge in [0.05, 0.1) is 0 Å². The van der Waals surface area contributed by atoms with Gasteiger partial charge in [-0.05, 0) is 56.9 Å². The van der Waals surface area contributed by atoms with Crippen molar-refractivity contribution < 1.29 is 9.90 Å². The van der Waals surface area contributed by atoms with Gasteiger partial charge >= 0.3 is 0 Å². The number of benzene rings is 1. The number of amides is 1. The lowest BCUT2D eigenvalue weighted by atomic mass is 10.1. The summed E-state index contributed by atoms with van der Waals surface area (Å²) in [6, 6.07) is 7.64. The Kier molecular flexibility index (Phi) is 8.62. The van der Waals surface area contributed by atoms with Gasteiger partial charge in [0.25, 0.3) is 0 Å². The van der Waals surface area contributed by atoms with Crippen molar-refractivity contribution >= 4 is 41.5 Å². The van der Waals surface area contributed by atoms with Crippen LogP contribution in [-0.2, 0) is 4.79 Å². The molecule has 0 aromatic heterocycles. The molecule has 0 atom stereocenters. The molecule has 1 aliphatic heterocycles. The Morgan fingerprint density at radius 2 is 1.85 bits per heavy atom. The van der Waals surface area contributed by atoms with Crippen LogP contribution in [0.5, 0.6) is 5.75 Å². The molecule has 27 heavy (non-hydrogen) atoms. The minimum absolute atomic E-state index is 0. The SMILES string of the molecule is CCNC(=NCC(=O)Nc1ccc(O)cc1)NC1CCN(C2CC2)CC1.I. The van der Waals surface area contributed by atoms with E-state index < -0.39 is 0 Å². The summed E-state index contributed by atoms with van der Waals surface area (Å²) in [4.78, 5) is 19.1. The molecule has 1 aromatic carbocycles. The van der Waals surface area contributed by atoms with E-state index >= 15 is 0 Å². The summed E-state index contributed by atoms with van der Waals surface area (Å²) in [6.45, 7) is 5.11. The number of halogens is 1. The lowest BCUT2D eigenvalue weighted by Gasteiger charge is -2.33. The number of likely N-dealkylation sites (tertiary alicyclic amines) is 1. The van der Waals surface area contributed by atoms with Gasteiger partial charge in [-0.3, -0.25) is 4.79 Å². The molecule has 1 saturated carbocycles. The molecule has 1 aliphatic carbocycles. The summed E-state index contributed by atoms with van der Waals surface area (Å²) >= 11 is 0. The molecule has 4 N–H and O–H groups in total. The number of phenolic OH excluding ortho intramolecular Hbond substituents is 1. The number of hydrogen-bond donors (Lipinski definition) is 4. The van der Waals surface area contributed by atoms with Crippen molar-refractivity contribution in [1.82, 2.24) is 15.5 Å². The maximum absolute atomic E-state index is 12.1. The first-order valence-electron chi connectivity index (χ1n) is 9.52. The first-order chi connectivity index (χ1) is 12.6. The molecule has 2 aliphatic rings. The minimum Gasteiger partial charge on any atom is -0.508 e. The topological polar surface area (TPSA) is 89.0 Å². The average molecular weight is 487 g/mol. The van der Waals surface area contributed by atoms with Crippen LogP contribution in [0.2, 0.25) is 0 Å². The van der Waals surface area contributed by atoms with Gasteiger partial charge in [0.2, 0.25) is 5.91 Å². The number of guanidine groups is 1. The Balaban J connectivity index is 0.00000261. The molecule has 0 spiro atoms. The Labute approximate surface area is 178 Å². The molecule has 1 amide bonds. The van der Waals surface area contributed by atoms with Crippen LogP contribution in [-0.4, -0.2) is 60.1 Å². The fourth-order valence-corrected chi connectivity index (χ4v) is 3.26. The molecular weight excluding hydrogens is 457 g/mol. The Morgan fingerprint density at radius 3 is 2.44 bits per heavy atom. The molecule has 3 rings (SSSR count). The van der Waals surface area contributed by atoms with Crippen molar-refractivity contribution in [2.75, 3.05) is 31.5 Å². The maximum atomic E-state index is 12.1. The van der Waals surface area contributed by atoms with Crippen LogP contribution < -0.4 is 16.0 Å². The van der Waals surface area contributed by atoms with Gasteiger partial charge < -0.3 is 26.0 Å². The Hall–Kier alpha value is -1.55. The zero-order valence-corrected chi connectivity index (χ0v) is 18.1. The van der Waals surface area contributed by atoms with E-state index in [9.17, 15) is 9.90 Å². The van der Waals surface area contributed by atoms with Crippen LogP contribution in [0.1, 0.15) is 32.6 Å². The summed E-state index contributed by atoms with van der Waals surface area (Å²) in [5.41, 5.74) is 0.647. The summed E-state index contributed by atoms with van der Waals surface area (Å²) in [7, 11) is 0. The quantitative estimate of drug-likeness (QED) is 0.214. The number of piperidine rings is 1. The van der Waals surface area contributed by atoms with Crippen molar-refractivity contribution in [1.29, 1.82) is 0 Å². The first kappa shape index (κ1) is 21.7. The lowest BCUT2D eigenvalue weighted by molar-refractivity contribution is -0.114. The van der Waals surface area contributed by atoms with Gasteiger partial charge in [-0.15, -0.1) is 24.0 Å². The standard InChI is InChI=1S/C19H29N5O2.HI/c1-2-20-19(23-15-9-11-24(12-10-15)16-5-6-16)21-13-18(26)22-14-3-7-17(25)8-4-14;/h3-4,7-8,15-16,25H,2,5-6,9-13H2,1H3,(H,22,26)(H2,20,21,23);1H. The molecule has 1 saturated heterocycles. The highest BCUT2D eigenvalue weighted by molar-refractivity contribution is 14.0. The third kappa shape index (κ3) is 7.17. The summed E-state index contributed by atoms with van der Waals surface area (Å²) < 4.78 is 0. The number of nitrogens with one attached hydrogen (secondary N) is 3. The Morgan fingerprint density at radius 1 is 1.19 bits per heavy atom. The number of phenols is 1. The van der Waals surface area contributed by atoms with Crippen LogP contribution in [0.4, 0.5) is 5.69 Å². The molecule has 150 valence electrons. The van der Waals surface area contributed by atoms with Gasteiger partial charge in [-0.25, -0.2) is 4.99 Å². The molecule has 1 aromatic rings. The minimum atomic E-state index is -0.184. The second-order valence-corrected chi connectivity index (χ2v) is 6.98. The van der Waals surface area contributed by atoms with Crippen LogP contribution in [0.25, 0.3) is 0 Å². The zero-order chi connectivity index (χ0) is 18.4. The first-order valence-corrected chi connectivity index (χ1v) is 9.52. The van der Waals surface area contributed by atoms with E-state index in [2.05, 4.69) is 25.8 Å². The highest BCUT2D eigenvalue weighted by atomic mass is 127. The van der Waals surface area contributed by atoms with Gasteiger partial charge in [-0.1, -0.05) is 0 Å². The number of rotatable bonds is 6. The number of hydrogen-bond acceptors (Lipinski definition) is 4. The van der Waals surface area contributed by atoms with Crippen molar-refractivity contribution in [3.63, 3.8) is 0 Å². The second-order valence-electron chi connectivity index (χ2n) is 6.98. The maximum Gasteiger partial charge on any atom is 0.246 e. The number of nitrogens with zero attached hydrogens (tertiary/aromatic N) is 2. The third-order valence-corrected chi connectivity index (χ3v) is 4.81. The smallest absolute Gasteiger partial charge is 0.246 e. The van der Waals surface area contributed by atoms with E-state index in [0.717, 1.165) is 38.5 Å². The monoisotopic (exact) mass is 487 g/mol. The van der Waals surface area contributed by atoms with E-state index in [0.29, 0.717) is 17.7 Å². The molecule has 8 heteroatoms. The van der Waals surface area contributed by atoms with Gasteiger partial charge in [-0.2, -0.15) is 0 Å². The normalized spacial score (nSPS) is 18.5. The van der Waals surface area contributed by atoms with Crippen molar-refractivity contribution in [2.24, 2.45) is 4.99 Å². The Bertz CT molecular complexity index is 625. The van der Waals surface area contributed by atoms with E-state index in [1.165, 1.54) is 12.8 Å². The average Bonchev–Trinajstić information content (AvgIpc) is 3.48.